The van der Waals surface area contributed by atoms with E-state index < -0.39 is 17.5 Å². The molecule has 0 aliphatic heterocycles. The second kappa shape index (κ2) is 8.49. The minimum Gasteiger partial charge on any atom is -0.369 e. The lowest BCUT2D eigenvalue weighted by molar-refractivity contribution is -0.119. The lowest BCUT2D eigenvalue weighted by Crippen LogP contribution is -2.30. The third-order valence-electron chi connectivity index (χ3n) is 3.70. The van der Waals surface area contributed by atoms with Crippen molar-refractivity contribution in [1.82, 2.24) is 9.55 Å². The van der Waals surface area contributed by atoms with Crippen LogP contribution >= 0.6 is 11.6 Å². The maximum absolute atomic E-state index is 12.4. The minimum absolute atomic E-state index is 0.385. The largest absolute Gasteiger partial charge is 0.369 e. The van der Waals surface area contributed by atoms with E-state index in [1.165, 1.54) is 4.57 Å². The molecular formula is C17H21ClN4O2. The topological polar surface area (TPSA) is 90.0 Å². The molecule has 3 N–H and O–H groups in total. The molecule has 128 valence electrons. The zero-order chi connectivity index (χ0) is 17.5. The number of rotatable bonds is 8. The third-order valence-corrected chi connectivity index (χ3v) is 3.97. The van der Waals surface area contributed by atoms with E-state index in [2.05, 4.69) is 10.3 Å². The van der Waals surface area contributed by atoms with E-state index in [9.17, 15) is 9.59 Å². The average molecular weight is 349 g/mol. The molecule has 0 saturated carbocycles. The van der Waals surface area contributed by atoms with Gasteiger partial charge in [-0.25, -0.2) is 4.79 Å². The van der Waals surface area contributed by atoms with Crippen molar-refractivity contribution in [2.24, 2.45) is 5.73 Å². The highest BCUT2D eigenvalue weighted by molar-refractivity contribution is 6.17. The monoisotopic (exact) mass is 348 g/mol. The summed E-state index contributed by atoms with van der Waals surface area (Å²) in [7, 11) is 0. The number of carbonyl (C=O) groups is 1. The zero-order valence-corrected chi connectivity index (χ0v) is 14.3. The van der Waals surface area contributed by atoms with Crippen molar-refractivity contribution in [2.45, 2.75) is 32.2 Å². The van der Waals surface area contributed by atoms with E-state index in [-0.39, 0.29) is 0 Å². The molecule has 0 aliphatic carbocycles. The molecule has 7 heteroatoms. The molecule has 1 amide bonds. The van der Waals surface area contributed by atoms with Gasteiger partial charge in [0, 0.05) is 24.2 Å². The Morgan fingerprint density at radius 2 is 2.08 bits per heavy atom. The molecule has 0 radical (unpaired) electrons. The highest BCUT2D eigenvalue weighted by atomic mass is 35.5. The Hall–Kier alpha value is -2.34. The van der Waals surface area contributed by atoms with Crippen LogP contribution in [-0.4, -0.2) is 21.3 Å². The second-order valence-corrected chi connectivity index (χ2v) is 5.78. The normalized spacial score (nSPS) is 11.9. The van der Waals surface area contributed by atoms with Crippen LogP contribution < -0.4 is 16.7 Å². The van der Waals surface area contributed by atoms with Gasteiger partial charge in [-0.15, -0.1) is 11.6 Å². The van der Waals surface area contributed by atoms with Crippen molar-refractivity contribution in [2.75, 3.05) is 11.2 Å². The Balaban J connectivity index is 2.48. The van der Waals surface area contributed by atoms with Crippen LogP contribution in [0.4, 0.5) is 11.5 Å². The summed E-state index contributed by atoms with van der Waals surface area (Å²) < 4.78 is 1.52. The highest BCUT2D eigenvalue weighted by Gasteiger charge is 2.20. The highest BCUT2D eigenvalue weighted by Crippen LogP contribution is 2.21. The summed E-state index contributed by atoms with van der Waals surface area (Å²) in [5.74, 6) is -0.0658. The maximum atomic E-state index is 12.4. The Bertz CT molecular complexity index is 746. The van der Waals surface area contributed by atoms with Crippen molar-refractivity contribution in [3.63, 3.8) is 0 Å². The van der Waals surface area contributed by atoms with Gasteiger partial charge in [-0.3, -0.25) is 9.36 Å². The van der Waals surface area contributed by atoms with E-state index in [4.69, 9.17) is 17.3 Å². The first-order chi connectivity index (χ1) is 11.6. The molecule has 1 heterocycles. The molecule has 0 aliphatic rings. The quantitative estimate of drug-likeness (QED) is 0.717. The molecule has 1 aromatic heterocycles. The number of nitrogens with zero attached hydrogens (tertiary/aromatic N) is 2. The molecule has 1 aromatic carbocycles. The number of aromatic nitrogens is 2. The Kier molecular flexibility index (Phi) is 6.37. The number of carbonyl (C=O) groups excluding carboxylic acids is 1. The van der Waals surface area contributed by atoms with Crippen molar-refractivity contribution >= 4 is 29.0 Å². The molecule has 2 aromatic rings. The Labute approximate surface area is 145 Å². The number of benzene rings is 1. The van der Waals surface area contributed by atoms with Gasteiger partial charge in [-0.1, -0.05) is 25.1 Å². The standard InChI is InChI=1S/C17H21ClN4O2/c1-2-13(16(19)23)14-11-15(20-12-7-4-3-5-8-12)22(10-6-9-18)17(24)21-14/h3-5,7-8,11,13,20H,2,6,9-10H2,1H3,(H2,19,23). The van der Waals surface area contributed by atoms with E-state index >= 15 is 0 Å². The summed E-state index contributed by atoms with van der Waals surface area (Å²) in [6.07, 6.45) is 1.12. The third kappa shape index (κ3) is 4.35. The summed E-state index contributed by atoms with van der Waals surface area (Å²) in [6.45, 7) is 2.28. The number of amides is 1. The fraction of sp³-hybridized carbons (Fsp3) is 0.353. The SMILES string of the molecule is CCC(C(N)=O)c1cc(Nc2ccccc2)n(CCCCl)c(=O)n1. The molecule has 2 rings (SSSR count). The second-order valence-electron chi connectivity index (χ2n) is 5.40. The number of primary amides is 1. The first-order valence-corrected chi connectivity index (χ1v) is 8.39. The van der Waals surface area contributed by atoms with Crippen LogP contribution in [0.3, 0.4) is 0 Å². The number of hydrogen-bond donors (Lipinski definition) is 2. The number of anilines is 2. The van der Waals surface area contributed by atoms with Gasteiger partial charge in [0.05, 0.1) is 11.6 Å². The van der Waals surface area contributed by atoms with E-state index in [1.807, 2.05) is 37.3 Å². The number of hydrogen-bond acceptors (Lipinski definition) is 4. The number of nitrogens with one attached hydrogen (secondary N) is 1. The molecule has 6 nitrogen and oxygen atoms in total. The van der Waals surface area contributed by atoms with Gasteiger partial charge in [0.2, 0.25) is 5.91 Å². The number of alkyl halides is 1. The van der Waals surface area contributed by atoms with Crippen molar-refractivity contribution in [1.29, 1.82) is 0 Å². The maximum Gasteiger partial charge on any atom is 0.349 e. The summed E-state index contributed by atoms with van der Waals surface area (Å²) in [6, 6.07) is 11.2. The van der Waals surface area contributed by atoms with Crippen LogP contribution in [0.5, 0.6) is 0 Å². The summed E-state index contributed by atoms with van der Waals surface area (Å²) >= 11 is 5.74. The molecule has 0 bridgehead atoms. The van der Waals surface area contributed by atoms with E-state index in [0.29, 0.717) is 36.8 Å². The van der Waals surface area contributed by atoms with Gasteiger partial charge in [0.1, 0.15) is 5.82 Å². The molecule has 0 fully saturated rings. The van der Waals surface area contributed by atoms with Crippen LogP contribution in [-0.2, 0) is 11.3 Å². The van der Waals surface area contributed by atoms with E-state index in [0.717, 1.165) is 5.69 Å². The smallest absolute Gasteiger partial charge is 0.349 e. The van der Waals surface area contributed by atoms with E-state index in [1.54, 1.807) is 6.07 Å². The molecular weight excluding hydrogens is 328 g/mol. The van der Waals surface area contributed by atoms with Crippen LogP contribution in [0, 0.1) is 0 Å². The van der Waals surface area contributed by atoms with Gasteiger partial charge in [0.25, 0.3) is 0 Å². The summed E-state index contributed by atoms with van der Waals surface area (Å²) in [5.41, 5.74) is 6.22. The number of nitrogens with two attached hydrogens (primary N) is 1. The van der Waals surface area contributed by atoms with Crippen molar-refractivity contribution < 1.29 is 4.79 Å². The number of para-hydroxylation sites is 1. The average Bonchev–Trinajstić information content (AvgIpc) is 2.55. The van der Waals surface area contributed by atoms with Gasteiger partial charge >= 0.3 is 5.69 Å². The van der Waals surface area contributed by atoms with Crippen LogP contribution in [0.1, 0.15) is 31.4 Å². The fourth-order valence-electron chi connectivity index (χ4n) is 2.47. The van der Waals surface area contributed by atoms with Crippen molar-refractivity contribution in [3.8, 4) is 0 Å². The fourth-order valence-corrected chi connectivity index (χ4v) is 2.59. The van der Waals surface area contributed by atoms with Gasteiger partial charge in [-0.05, 0) is 25.0 Å². The van der Waals surface area contributed by atoms with Gasteiger partial charge in [0.15, 0.2) is 0 Å². The van der Waals surface area contributed by atoms with Crippen LogP contribution in [0.15, 0.2) is 41.2 Å². The lowest BCUT2D eigenvalue weighted by Gasteiger charge is -2.17. The van der Waals surface area contributed by atoms with Crippen LogP contribution in [0.2, 0.25) is 0 Å². The molecule has 1 unspecified atom stereocenters. The van der Waals surface area contributed by atoms with Crippen LogP contribution in [0.25, 0.3) is 0 Å². The van der Waals surface area contributed by atoms with Gasteiger partial charge < -0.3 is 11.1 Å². The molecule has 24 heavy (non-hydrogen) atoms. The zero-order valence-electron chi connectivity index (χ0n) is 13.5. The minimum atomic E-state index is -0.586. The predicted octanol–water partition coefficient (Wildman–Crippen LogP) is 2.59. The Morgan fingerprint density at radius 1 is 1.38 bits per heavy atom. The lowest BCUT2D eigenvalue weighted by atomic mass is 10.0. The first-order valence-electron chi connectivity index (χ1n) is 7.86. The first kappa shape index (κ1) is 18.0. The predicted molar refractivity (Wildman–Crippen MR) is 95.8 cm³/mol. The molecule has 0 saturated heterocycles. The Morgan fingerprint density at radius 3 is 2.67 bits per heavy atom. The van der Waals surface area contributed by atoms with Crippen molar-refractivity contribution in [3.05, 3.63) is 52.6 Å². The summed E-state index contributed by atoms with van der Waals surface area (Å²) in [5, 5.41) is 3.21. The molecule has 0 spiro atoms. The number of halogens is 1. The van der Waals surface area contributed by atoms with Gasteiger partial charge in [-0.2, -0.15) is 4.98 Å². The summed E-state index contributed by atoms with van der Waals surface area (Å²) in [4.78, 5) is 28.1. The molecule has 1 atom stereocenters.